The molecular weight excluding hydrogens is 447 g/mol. The minimum atomic E-state index is 0.589. The summed E-state index contributed by atoms with van der Waals surface area (Å²) in [5.74, 6) is 3.50. The van der Waals surface area contributed by atoms with Crippen LogP contribution in [0.1, 0.15) is 49.1 Å². The molecule has 0 saturated heterocycles. The molecule has 4 rings (SSSR count). The SMILES string of the molecule is COc1ccc(-c2oc(-c3ccc(C)cc3)c(I)c2C2CCCCC2)cc1. The van der Waals surface area contributed by atoms with Crippen molar-refractivity contribution in [2.45, 2.75) is 44.9 Å². The Bertz CT molecular complexity index is 901. The van der Waals surface area contributed by atoms with Crippen LogP contribution in [0.5, 0.6) is 5.75 Å². The van der Waals surface area contributed by atoms with E-state index in [1.54, 1.807) is 7.11 Å². The average Bonchev–Trinajstić information content (AvgIpc) is 3.06. The van der Waals surface area contributed by atoms with Crippen molar-refractivity contribution in [2.75, 3.05) is 7.11 Å². The number of rotatable bonds is 4. The standard InChI is InChI=1S/C24H25IO2/c1-16-8-10-19(11-9-16)24-22(25)21(17-6-4-3-5-7-17)23(27-24)18-12-14-20(26-2)15-13-18/h8-15,17H,3-7H2,1-2H3. The highest BCUT2D eigenvalue weighted by Gasteiger charge is 2.28. The lowest BCUT2D eigenvalue weighted by atomic mass is 9.83. The van der Waals surface area contributed by atoms with Crippen LogP contribution in [0.2, 0.25) is 0 Å². The zero-order chi connectivity index (χ0) is 18.8. The van der Waals surface area contributed by atoms with Crippen LogP contribution >= 0.6 is 22.6 Å². The first-order chi connectivity index (χ1) is 13.2. The second-order valence-electron chi connectivity index (χ2n) is 7.42. The minimum absolute atomic E-state index is 0.589. The first kappa shape index (κ1) is 18.6. The van der Waals surface area contributed by atoms with Crippen LogP contribution in [0.3, 0.4) is 0 Å². The van der Waals surface area contributed by atoms with Gasteiger partial charge in [0.1, 0.15) is 17.3 Å². The van der Waals surface area contributed by atoms with Gasteiger partial charge in [0, 0.05) is 16.7 Å². The molecule has 0 amide bonds. The summed E-state index contributed by atoms with van der Waals surface area (Å²) in [5, 5.41) is 0. The van der Waals surface area contributed by atoms with E-state index >= 15 is 0 Å². The van der Waals surface area contributed by atoms with Crippen molar-refractivity contribution in [3.05, 3.63) is 63.2 Å². The summed E-state index contributed by atoms with van der Waals surface area (Å²) in [6, 6.07) is 16.9. The van der Waals surface area contributed by atoms with Crippen molar-refractivity contribution in [1.82, 2.24) is 0 Å². The summed E-state index contributed by atoms with van der Waals surface area (Å²) in [5.41, 5.74) is 4.95. The van der Waals surface area contributed by atoms with Gasteiger partial charge in [0.15, 0.2) is 0 Å². The predicted molar refractivity (Wildman–Crippen MR) is 119 cm³/mol. The summed E-state index contributed by atoms with van der Waals surface area (Å²) >= 11 is 2.50. The minimum Gasteiger partial charge on any atom is -0.497 e. The molecule has 1 aromatic heterocycles. The molecule has 140 valence electrons. The molecular formula is C24H25IO2. The van der Waals surface area contributed by atoms with Gasteiger partial charge >= 0.3 is 0 Å². The van der Waals surface area contributed by atoms with Gasteiger partial charge in [0.05, 0.1) is 10.7 Å². The Labute approximate surface area is 175 Å². The molecule has 3 aromatic rings. The van der Waals surface area contributed by atoms with E-state index in [-0.39, 0.29) is 0 Å². The molecule has 1 saturated carbocycles. The lowest BCUT2D eigenvalue weighted by Gasteiger charge is -2.22. The summed E-state index contributed by atoms with van der Waals surface area (Å²) < 4.78 is 13.1. The van der Waals surface area contributed by atoms with Gasteiger partial charge in [-0.25, -0.2) is 0 Å². The van der Waals surface area contributed by atoms with Gasteiger partial charge in [0.2, 0.25) is 0 Å². The van der Waals surface area contributed by atoms with Crippen molar-refractivity contribution < 1.29 is 9.15 Å². The number of benzene rings is 2. The normalized spacial score (nSPS) is 15.1. The molecule has 0 bridgehead atoms. The molecule has 0 unspecified atom stereocenters. The number of furan rings is 1. The van der Waals surface area contributed by atoms with E-state index < -0.39 is 0 Å². The highest BCUT2D eigenvalue weighted by molar-refractivity contribution is 14.1. The number of halogens is 1. The predicted octanol–water partition coefficient (Wildman–Crippen LogP) is 7.58. The number of aryl methyl sites for hydroxylation is 1. The smallest absolute Gasteiger partial charge is 0.148 e. The number of methoxy groups -OCH3 is 1. The topological polar surface area (TPSA) is 22.4 Å². The lowest BCUT2D eigenvalue weighted by molar-refractivity contribution is 0.415. The van der Waals surface area contributed by atoms with Crippen LogP contribution in [-0.4, -0.2) is 7.11 Å². The number of hydrogen-bond acceptors (Lipinski definition) is 2. The van der Waals surface area contributed by atoms with Crippen LogP contribution in [0.25, 0.3) is 22.6 Å². The van der Waals surface area contributed by atoms with Gasteiger partial charge in [-0.2, -0.15) is 0 Å². The van der Waals surface area contributed by atoms with Gasteiger partial charge in [-0.3, -0.25) is 0 Å². The van der Waals surface area contributed by atoms with Crippen molar-refractivity contribution in [3.63, 3.8) is 0 Å². The third kappa shape index (κ3) is 3.79. The van der Waals surface area contributed by atoms with Crippen LogP contribution < -0.4 is 4.74 Å². The van der Waals surface area contributed by atoms with Crippen LogP contribution in [0.4, 0.5) is 0 Å². The maximum Gasteiger partial charge on any atom is 0.148 e. The monoisotopic (exact) mass is 472 g/mol. The van der Waals surface area contributed by atoms with Crippen LogP contribution in [0, 0.1) is 10.5 Å². The maximum absolute atomic E-state index is 6.54. The average molecular weight is 472 g/mol. The molecule has 1 fully saturated rings. The largest absolute Gasteiger partial charge is 0.497 e. The molecule has 0 radical (unpaired) electrons. The molecule has 3 heteroatoms. The van der Waals surface area contributed by atoms with Gasteiger partial charge < -0.3 is 9.15 Å². The zero-order valence-electron chi connectivity index (χ0n) is 15.9. The molecule has 27 heavy (non-hydrogen) atoms. The van der Waals surface area contributed by atoms with E-state index in [4.69, 9.17) is 9.15 Å². The third-order valence-corrected chi connectivity index (χ3v) is 6.63. The quantitative estimate of drug-likeness (QED) is 0.365. The Morgan fingerprint density at radius 3 is 2.07 bits per heavy atom. The fourth-order valence-electron chi connectivity index (χ4n) is 4.03. The van der Waals surface area contributed by atoms with Gasteiger partial charge in [0.25, 0.3) is 0 Å². The van der Waals surface area contributed by atoms with Gasteiger partial charge in [-0.15, -0.1) is 0 Å². The molecule has 1 aliphatic rings. The second kappa shape index (κ2) is 8.09. The first-order valence-electron chi connectivity index (χ1n) is 9.71. The fourth-order valence-corrected chi connectivity index (χ4v) is 5.13. The van der Waals surface area contributed by atoms with Crippen molar-refractivity contribution in [2.24, 2.45) is 0 Å². The Morgan fingerprint density at radius 2 is 1.44 bits per heavy atom. The summed E-state index contributed by atoms with van der Waals surface area (Å²) in [7, 11) is 1.70. The van der Waals surface area contributed by atoms with Crippen molar-refractivity contribution >= 4 is 22.6 Å². The van der Waals surface area contributed by atoms with Crippen LogP contribution in [0.15, 0.2) is 52.9 Å². The maximum atomic E-state index is 6.54. The molecule has 0 atom stereocenters. The lowest BCUT2D eigenvalue weighted by Crippen LogP contribution is -2.06. The summed E-state index contributed by atoms with van der Waals surface area (Å²) in [6.07, 6.45) is 6.49. The number of ether oxygens (including phenoxy) is 1. The Morgan fingerprint density at radius 1 is 0.852 bits per heavy atom. The van der Waals surface area contributed by atoms with Crippen molar-refractivity contribution in [1.29, 1.82) is 0 Å². The Hall–Kier alpha value is -1.75. The highest BCUT2D eigenvalue weighted by Crippen LogP contribution is 2.46. The van der Waals surface area contributed by atoms with E-state index in [0.717, 1.165) is 28.4 Å². The molecule has 1 aliphatic carbocycles. The van der Waals surface area contributed by atoms with Gasteiger partial charge in [-0.05, 0) is 72.5 Å². The Balaban J connectivity index is 1.84. The van der Waals surface area contributed by atoms with E-state index in [1.807, 2.05) is 12.1 Å². The van der Waals surface area contributed by atoms with E-state index in [0.29, 0.717) is 5.92 Å². The molecule has 0 aliphatic heterocycles. The fraction of sp³-hybridized carbons (Fsp3) is 0.333. The zero-order valence-corrected chi connectivity index (χ0v) is 18.1. The molecule has 0 spiro atoms. The molecule has 1 heterocycles. The molecule has 2 aromatic carbocycles. The third-order valence-electron chi connectivity index (χ3n) is 5.56. The molecule has 2 nitrogen and oxygen atoms in total. The van der Waals surface area contributed by atoms with Crippen LogP contribution in [-0.2, 0) is 0 Å². The summed E-state index contributed by atoms with van der Waals surface area (Å²) in [4.78, 5) is 0. The second-order valence-corrected chi connectivity index (χ2v) is 8.50. The van der Waals surface area contributed by atoms with E-state index in [2.05, 4.69) is 65.9 Å². The van der Waals surface area contributed by atoms with Gasteiger partial charge in [-0.1, -0.05) is 49.1 Å². The molecule has 0 N–H and O–H groups in total. The van der Waals surface area contributed by atoms with Crippen molar-refractivity contribution in [3.8, 4) is 28.4 Å². The highest BCUT2D eigenvalue weighted by atomic mass is 127. The summed E-state index contributed by atoms with van der Waals surface area (Å²) in [6.45, 7) is 2.12. The number of hydrogen-bond donors (Lipinski definition) is 0. The van der Waals surface area contributed by atoms with E-state index in [9.17, 15) is 0 Å². The first-order valence-corrected chi connectivity index (χ1v) is 10.8. The Kier molecular flexibility index (Phi) is 5.58. The van der Waals surface area contributed by atoms with E-state index in [1.165, 1.54) is 46.8 Å².